The van der Waals surface area contributed by atoms with E-state index in [0.29, 0.717) is 6.54 Å². The molecule has 0 unspecified atom stereocenters. The van der Waals surface area contributed by atoms with E-state index in [-0.39, 0.29) is 26.8 Å². The molecule has 0 atom stereocenters. The van der Waals surface area contributed by atoms with E-state index < -0.39 is 21.9 Å². The molecule has 0 spiro atoms. The van der Waals surface area contributed by atoms with Crippen LogP contribution in [0.3, 0.4) is 0 Å². The quantitative estimate of drug-likeness (QED) is 0.196. The molecular formula is C30H21F3N4O3S2. The van der Waals surface area contributed by atoms with Gasteiger partial charge in [-0.2, -0.15) is 26.7 Å². The van der Waals surface area contributed by atoms with Crippen LogP contribution in [0.25, 0.3) is 28.4 Å². The van der Waals surface area contributed by atoms with Crippen LogP contribution in [0.1, 0.15) is 11.3 Å². The van der Waals surface area contributed by atoms with Gasteiger partial charge in [-0.1, -0.05) is 60.7 Å². The van der Waals surface area contributed by atoms with Gasteiger partial charge in [-0.15, -0.1) is 15.7 Å². The summed E-state index contributed by atoms with van der Waals surface area (Å²) < 4.78 is 79.6. The lowest BCUT2D eigenvalue weighted by Crippen LogP contribution is -2.19. The Bertz CT molecular complexity index is 1990. The van der Waals surface area contributed by atoms with E-state index in [1.165, 1.54) is 47.9 Å². The number of benzene rings is 3. The van der Waals surface area contributed by atoms with Crippen molar-refractivity contribution < 1.29 is 26.0 Å². The molecule has 3 aromatic carbocycles. The molecule has 3 aromatic heterocycles. The second-order valence-corrected chi connectivity index (χ2v) is 11.6. The number of thiazole rings is 1. The van der Waals surface area contributed by atoms with Gasteiger partial charge >= 0.3 is 6.18 Å². The zero-order chi connectivity index (χ0) is 29.3. The third-order valence-electron chi connectivity index (χ3n) is 6.40. The summed E-state index contributed by atoms with van der Waals surface area (Å²) in [5.41, 5.74) is 1.90. The van der Waals surface area contributed by atoms with Gasteiger partial charge in [0.15, 0.2) is 11.5 Å². The molecule has 0 aliphatic rings. The predicted octanol–water partition coefficient (Wildman–Crippen LogP) is 7.02. The van der Waals surface area contributed by atoms with Crippen LogP contribution in [0.5, 0.6) is 0 Å². The second kappa shape index (κ2) is 11.0. The molecule has 0 aliphatic carbocycles. The highest BCUT2D eigenvalue weighted by atomic mass is 32.2. The SMILES string of the molecule is O=S(=O)(/N=c1\scc(-c2ccccc2)n1Cc1ccccc1)c1ccc(-n2nc(C(F)(F)F)cc2-c2ccco2)cc1. The van der Waals surface area contributed by atoms with Crippen molar-refractivity contribution in [3.8, 4) is 28.4 Å². The van der Waals surface area contributed by atoms with Crippen molar-refractivity contribution >= 4 is 21.4 Å². The van der Waals surface area contributed by atoms with Gasteiger partial charge in [-0.25, -0.2) is 4.68 Å². The highest BCUT2D eigenvalue weighted by molar-refractivity contribution is 7.90. The first-order chi connectivity index (χ1) is 20.2. The number of sulfonamides is 1. The standard InChI is InChI=1S/C30H21F3N4O3S2/c31-30(32,33)28-18-25(27-12-7-17-40-27)37(34-28)23-13-15-24(16-14-23)42(38,39)35-29-36(19-21-8-3-1-4-9-21)26(20-41-29)22-10-5-2-6-11-22/h1-18,20H,19H2/b35-29-. The van der Waals surface area contributed by atoms with Crippen molar-refractivity contribution in [2.75, 3.05) is 0 Å². The van der Waals surface area contributed by atoms with Crippen molar-refractivity contribution in [3.63, 3.8) is 0 Å². The van der Waals surface area contributed by atoms with Crippen LogP contribution >= 0.6 is 11.3 Å². The lowest BCUT2D eigenvalue weighted by molar-refractivity contribution is -0.141. The molecule has 6 rings (SSSR count). The van der Waals surface area contributed by atoms with Crippen LogP contribution in [-0.4, -0.2) is 22.8 Å². The van der Waals surface area contributed by atoms with Crippen LogP contribution in [0.2, 0.25) is 0 Å². The molecule has 7 nitrogen and oxygen atoms in total. The number of alkyl halides is 3. The maximum Gasteiger partial charge on any atom is 0.435 e. The third kappa shape index (κ3) is 5.58. The molecule has 42 heavy (non-hydrogen) atoms. The van der Waals surface area contributed by atoms with E-state index >= 15 is 0 Å². The maximum absolute atomic E-state index is 13.4. The molecule has 0 aliphatic heterocycles. The molecular weight excluding hydrogens is 585 g/mol. The minimum absolute atomic E-state index is 0.0709. The number of aromatic nitrogens is 3. The first kappa shape index (κ1) is 27.5. The van der Waals surface area contributed by atoms with Gasteiger partial charge in [0, 0.05) is 11.4 Å². The minimum Gasteiger partial charge on any atom is -0.463 e. The number of rotatable bonds is 7. The number of furan rings is 1. The number of hydrogen-bond donors (Lipinski definition) is 0. The second-order valence-electron chi connectivity index (χ2n) is 9.20. The van der Waals surface area contributed by atoms with Crippen molar-refractivity contribution in [2.24, 2.45) is 4.40 Å². The molecule has 0 bridgehead atoms. The van der Waals surface area contributed by atoms with E-state index in [9.17, 15) is 21.6 Å². The number of hydrogen-bond acceptors (Lipinski definition) is 5. The smallest absolute Gasteiger partial charge is 0.435 e. The average molecular weight is 607 g/mol. The van der Waals surface area contributed by atoms with Crippen LogP contribution in [-0.2, 0) is 22.7 Å². The molecule has 3 heterocycles. The summed E-state index contributed by atoms with van der Waals surface area (Å²) in [5.74, 6) is 0.180. The zero-order valence-electron chi connectivity index (χ0n) is 21.6. The van der Waals surface area contributed by atoms with Gasteiger partial charge < -0.3 is 8.98 Å². The molecule has 0 amide bonds. The molecule has 6 aromatic rings. The van der Waals surface area contributed by atoms with E-state index in [0.717, 1.165) is 27.6 Å². The highest BCUT2D eigenvalue weighted by Gasteiger charge is 2.35. The summed E-state index contributed by atoms with van der Waals surface area (Å²) >= 11 is 1.20. The average Bonchev–Trinajstić information content (AvgIpc) is 3.75. The Hall–Kier alpha value is -4.68. The Balaban J connectivity index is 1.39. The highest BCUT2D eigenvalue weighted by Crippen LogP contribution is 2.33. The lowest BCUT2D eigenvalue weighted by Gasteiger charge is -2.10. The lowest BCUT2D eigenvalue weighted by atomic mass is 10.1. The molecule has 0 N–H and O–H groups in total. The van der Waals surface area contributed by atoms with Gasteiger partial charge in [-0.05, 0) is 47.5 Å². The Kier molecular flexibility index (Phi) is 7.17. The summed E-state index contributed by atoms with van der Waals surface area (Å²) in [6, 6.07) is 28.5. The van der Waals surface area contributed by atoms with Crippen molar-refractivity contribution in [2.45, 2.75) is 17.6 Å². The van der Waals surface area contributed by atoms with Crippen LogP contribution in [0.4, 0.5) is 13.2 Å². The topological polar surface area (TPSA) is 82.4 Å². The first-order valence-electron chi connectivity index (χ1n) is 12.6. The van der Waals surface area contributed by atoms with Crippen molar-refractivity contribution in [1.82, 2.24) is 14.3 Å². The monoisotopic (exact) mass is 606 g/mol. The molecule has 0 fully saturated rings. The van der Waals surface area contributed by atoms with Crippen molar-refractivity contribution in [1.29, 1.82) is 0 Å². The van der Waals surface area contributed by atoms with Gasteiger partial charge in [0.1, 0.15) is 5.69 Å². The fourth-order valence-corrected chi connectivity index (χ4v) is 6.52. The summed E-state index contributed by atoms with van der Waals surface area (Å²) in [7, 11) is -4.18. The van der Waals surface area contributed by atoms with Gasteiger partial charge in [0.25, 0.3) is 10.0 Å². The summed E-state index contributed by atoms with van der Waals surface area (Å²) in [5, 5.41) is 5.57. The maximum atomic E-state index is 13.4. The van der Waals surface area contributed by atoms with Gasteiger partial charge in [0.05, 0.1) is 29.1 Å². The largest absolute Gasteiger partial charge is 0.463 e. The summed E-state index contributed by atoms with van der Waals surface area (Å²) in [6.07, 6.45) is -3.34. The number of nitrogens with zero attached hydrogens (tertiary/aromatic N) is 4. The zero-order valence-corrected chi connectivity index (χ0v) is 23.3. The van der Waals surface area contributed by atoms with Crippen LogP contribution < -0.4 is 4.80 Å². The Morgan fingerprint density at radius 2 is 1.55 bits per heavy atom. The third-order valence-corrected chi connectivity index (χ3v) is 8.66. The fourth-order valence-electron chi connectivity index (χ4n) is 4.39. The summed E-state index contributed by atoms with van der Waals surface area (Å²) in [4.78, 5) is 0.165. The molecule has 12 heteroatoms. The predicted molar refractivity (Wildman–Crippen MR) is 152 cm³/mol. The first-order valence-corrected chi connectivity index (χ1v) is 14.9. The minimum atomic E-state index is -4.68. The van der Waals surface area contributed by atoms with Crippen LogP contribution in [0.15, 0.2) is 128 Å². The normalized spacial score (nSPS) is 12.6. The molecule has 0 saturated heterocycles. The Labute approximate surface area is 242 Å². The molecule has 212 valence electrons. The van der Waals surface area contributed by atoms with E-state index in [4.69, 9.17) is 4.42 Å². The summed E-state index contributed by atoms with van der Waals surface area (Å²) in [6.45, 7) is 0.401. The van der Waals surface area contributed by atoms with Gasteiger partial charge in [0.2, 0.25) is 4.80 Å². The van der Waals surface area contributed by atoms with Crippen LogP contribution in [0, 0.1) is 0 Å². The Morgan fingerprint density at radius 1 is 0.857 bits per heavy atom. The van der Waals surface area contributed by atoms with E-state index in [2.05, 4.69) is 9.50 Å². The molecule has 0 saturated carbocycles. The van der Waals surface area contributed by atoms with Crippen molar-refractivity contribution in [3.05, 3.63) is 131 Å². The molecule has 0 radical (unpaired) electrons. The van der Waals surface area contributed by atoms with E-state index in [1.54, 1.807) is 6.07 Å². The number of halogens is 3. The van der Waals surface area contributed by atoms with E-state index in [1.807, 2.05) is 70.6 Å². The Morgan fingerprint density at radius 3 is 2.19 bits per heavy atom. The van der Waals surface area contributed by atoms with Gasteiger partial charge in [-0.3, -0.25) is 0 Å². The fraction of sp³-hybridized carbons (Fsp3) is 0.0667.